The van der Waals surface area contributed by atoms with E-state index in [4.69, 9.17) is 9.52 Å². The summed E-state index contributed by atoms with van der Waals surface area (Å²) in [5.74, 6) is -1.11. The molecule has 0 fully saturated rings. The number of carboxylic acids is 1. The van der Waals surface area contributed by atoms with E-state index in [2.05, 4.69) is 10.2 Å². The number of hydrogen-bond donors (Lipinski definition) is 1. The van der Waals surface area contributed by atoms with Crippen LogP contribution in [0.5, 0.6) is 0 Å². The second kappa shape index (κ2) is 3.85. The van der Waals surface area contributed by atoms with Crippen molar-refractivity contribution in [2.75, 3.05) is 0 Å². The van der Waals surface area contributed by atoms with E-state index in [9.17, 15) is 4.79 Å². The molecule has 1 rings (SSSR count). The highest BCUT2D eigenvalue weighted by Crippen LogP contribution is 2.03. The van der Waals surface area contributed by atoms with Crippen molar-refractivity contribution in [3.63, 3.8) is 0 Å². The van der Waals surface area contributed by atoms with E-state index in [0.717, 1.165) is 12.8 Å². The summed E-state index contributed by atoms with van der Waals surface area (Å²) < 4.78 is 4.83. The van der Waals surface area contributed by atoms with E-state index in [-0.39, 0.29) is 5.89 Å². The zero-order valence-corrected chi connectivity index (χ0v) is 6.78. The van der Waals surface area contributed by atoms with Gasteiger partial charge < -0.3 is 9.52 Å². The van der Waals surface area contributed by atoms with Crippen molar-refractivity contribution >= 4 is 5.97 Å². The molecule has 12 heavy (non-hydrogen) atoms. The maximum absolute atomic E-state index is 10.3. The molecule has 0 atom stereocenters. The summed E-state index contributed by atoms with van der Waals surface area (Å²) in [6.07, 6.45) is 2.60. The minimum atomic E-state index is -1.18. The van der Waals surface area contributed by atoms with Gasteiger partial charge in [0.1, 0.15) is 0 Å². The van der Waals surface area contributed by atoms with Crippen LogP contribution in [-0.2, 0) is 6.42 Å². The Kier molecular flexibility index (Phi) is 2.79. The van der Waals surface area contributed by atoms with Gasteiger partial charge in [-0.1, -0.05) is 13.3 Å². The van der Waals surface area contributed by atoms with Crippen molar-refractivity contribution in [2.24, 2.45) is 0 Å². The Morgan fingerprint density at radius 2 is 2.33 bits per heavy atom. The molecule has 0 unspecified atom stereocenters. The van der Waals surface area contributed by atoms with Gasteiger partial charge in [-0.3, -0.25) is 0 Å². The fourth-order valence-electron chi connectivity index (χ4n) is 0.769. The molecule has 1 heterocycles. The van der Waals surface area contributed by atoms with Gasteiger partial charge in [-0.25, -0.2) is 4.79 Å². The molecule has 0 aromatic carbocycles. The highest BCUT2D eigenvalue weighted by molar-refractivity contribution is 5.81. The van der Waals surface area contributed by atoms with Gasteiger partial charge in [0, 0.05) is 6.42 Å². The van der Waals surface area contributed by atoms with Gasteiger partial charge in [0.15, 0.2) is 0 Å². The molecule has 1 aromatic heterocycles. The van der Waals surface area contributed by atoms with Crippen LogP contribution < -0.4 is 0 Å². The zero-order chi connectivity index (χ0) is 8.97. The molecular formula is C7H10N2O3. The van der Waals surface area contributed by atoms with Gasteiger partial charge in [0.2, 0.25) is 5.89 Å². The minimum absolute atomic E-state index is 0.332. The van der Waals surface area contributed by atoms with E-state index >= 15 is 0 Å². The van der Waals surface area contributed by atoms with Crippen LogP contribution in [0.4, 0.5) is 0 Å². The summed E-state index contributed by atoms with van der Waals surface area (Å²) in [7, 11) is 0. The van der Waals surface area contributed by atoms with Gasteiger partial charge in [-0.15, -0.1) is 10.2 Å². The standard InChI is InChI=1S/C7H10N2O3/c1-2-3-4-5-8-9-6(12-5)7(10)11/h2-4H2,1H3,(H,10,11). The summed E-state index contributed by atoms with van der Waals surface area (Å²) in [5, 5.41) is 15.4. The summed E-state index contributed by atoms with van der Waals surface area (Å²) >= 11 is 0. The molecule has 1 N–H and O–H groups in total. The largest absolute Gasteiger partial charge is 0.474 e. The van der Waals surface area contributed by atoms with Crippen molar-refractivity contribution in [3.8, 4) is 0 Å². The van der Waals surface area contributed by atoms with Crippen molar-refractivity contribution in [2.45, 2.75) is 26.2 Å². The lowest BCUT2D eigenvalue weighted by atomic mass is 10.2. The number of aromatic nitrogens is 2. The number of carbonyl (C=O) groups is 1. The van der Waals surface area contributed by atoms with Crippen LogP contribution >= 0.6 is 0 Å². The molecular weight excluding hydrogens is 160 g/mol. The van der Waals surface area contributed by atoms with Crippen LogP contribution in [0, 0.1) is 0 Å². The lowest BCUT2D eigenvalue weighted by Gasteiger charge is -1.88. The van der Waals surface area contributed by atoms with E-state index in [1.54, 1.807) is 0 Å². The minimum Gasteiger partial charge on any atom is -0.474 e. The Morgan fingerprint density at radius 3 is 2.83 bits per heavy atom. The number of unbranched alkanes of at least 4 members (excludes halogenated alkanes) is 1. The predicted molar refractivity (Wildman–Crippen MR) is 39.9 cm³/mol. The predicted octanol–water partition coefficient (Wildman–Crippen LogP) is 1.11. The molecule has 5 nitrogen and oxygen atoms in total. The molecule has 0 aliphatic rings. The van der Waals surface area contributed by atoms with Crippen LogP contribution in [0.25, 0.3) is 0 Å². The molecule has 1 aromatic rings. The fraction of sp³-hybridized carbons (Fsp3) is 0.571. The Labute approximate surface area is 69.4 Å². The molecule has 0 bridgehead atoms. The third-order valence-corrected chi connectivity index (χ3v) is 1.39. The van der Waals surface area contributed by atoms with Gasteiger partial charge in [0.05, 0.1) is 0 Å². The molecule has 0 saturated carbocycles. The topological polar surface area (TPSA) is 76.2 Å². The molecule has 0 aliphatic heterocycles. The Hall–Kier alpha value is -1.39. The lowest BCUT2D eigenvalue weighted by molar-refractivity contribution is 0.0651. The average Bonchev–Trinajstić information content (AvgIpc) is 2.48. The average molecular weight is 170 g/mol. The maximum atomic E-state index is 10.3. The number of aromatic carboxylic acids is 1. The van der Waals surface area contributed by atoms with E-state index in [1.165, 1.54) is 0 Å². The Balaban J connectivity index is 2.58. The maximum Gasteiger partial charge on any atom is 0.393 e. The molecule has 0 saturated heterocycles. The lowest BCUT2D eigenvalue weighted by Crippen LogP contribution is -1.95. The third kappa shape index (κ3) is 2.05. The molecule has 5 heteroatoms. The second-order valence-electron chi connectivity index (χ2n) is 2.41. The number of nitrogens with zero attached hydrogens (tertiary/aromatic N) is 2. The van der Waals surface area contributed by atoms with Gasteiger partial charge >= 0.3 is 11.9 Å². The van der Waals surface area contributed by atoms with Crippen molar-refractivity contribution in [3.05, 3.63) is 11.8 Å². The van der Waals surface area contributed by atoms with Crippen LogP contribution in [0.3, 0.4) is 0 Å². The number of rotatable bonds is 4. The van der Waals surface area contributed by atoms with Crippen LogP contribution in [0.15, 0.2) is 4.42 Å². The van der Waals surface area contributed by atoms with Gasteiger partial charge in [-0.05, 0) is 6.42 Å². The zero-order valence-electron chi connectivity index (χ0n) is 6.78. The molecule has 0 spiro atoms. The Bertz CT molecular complexity index is 269. The highest BCUT2D eigenvalue weighted by Gasteiger charge is 2.11. The van der Waals surface area contributed by atoms with E-state index in [1.807, 2.05) is 6.92 Å². The second-order valence-corrected chi connectivity index (χ2v) is 2.41. The summed E-state index contributed by atoms with van der Waals surface area (Å²) in [6.45, 7) is 2.04. The first-order valence-electron chi connectivity index (χ1n) is 3.79. The monoisotopic (exact) mass is 170 g/mol. The summed E-state index contributed by atoms with van der Waals surface area (Å²) in [4.78, 5) is 10.3. The van der Waals surface area contributed by atoms with Gasteiger partial charge in [0.25, 0.3) is 0 Å². The fourth-order valence-corrected chi connectivity index (χ4v) is 0.769. The van der Waals surface area contributed by atoms with Crippen LogP contribution in [0.1, 0.15) is 36.3 Å². The molecule has 0 aliphatic carbocycles. The first kappa shape index (κ1) is 8.70. The summed E-state index contributed by atoms with van der Waals surface area (Å²) in [5.41, 5.74) is 0. The number of hydrogen-bond acceptors (Lipinski definition) is 4. The summed E-state index contributed by atoms with van der Waals surface area (Å²) in [6, 6.07) is 0. The molecule has 0 radical (unpaired) electrons. The smallest absolute Gasteiger partial charge is 0.393 e. The van der Waals surface area contributed by atoms with E-state index in [0.29, 0.717) is 12.3 Å². The van der Waals surface area contributed by atoms with Crippen molar-refractivity contribution in [1.82, 2.24) is 10.2 Å². The van der Waals surface area contributed by atoms with E-state index < -0.39 is 5.97 Å². The first-order valence-corrected chi connectivity index (χ1v) is 3.79. The number of carboxylic acid groups (broad SMARTS) is 1. The van der Waals surface area contributed by atoms with Crippen molar-refractivity contribution in [1.29, 1.82) is 0 Å². The quantitative estimate of drug-likeness (QED) is 0.732. The first-order chi connectivity index (χ1) is 5.74. The Morgan fingerprint density at radius 1 is 1.58 bits per heavy atom. The highest BCUT2D eigenvalue weighted by atomic mass is 16.4. The normalized spacial score (nSPS) is 10.1. The SMILES string of the molecule is CCCCc1nnc(C(=O)O)o1. The van der Waals surface area contributed by atoms with Crippen LogP contribution in [-0.4, -0.2) is 21.3 Å². The van der Waals surface area contributed by atoms with Crippen LogP contribution in [0.2, 0.25) is 0 Å². The molecule has 0 amide bonds. The molecule has 66 valence electrons. The number of aryl methyl sites for hydroxylation is 1. The van der Waals surface area contributed by atoms with Crippen molar-refractivity contribution < 1.29 is 14.3 Å². The third-order valence-electron chi connectivity index (χ3n) is 1.39. The van der Waals surface area contributed by atoms with Gasteiger partial charge in [-0.2, -0.15) is 0 Å².